The van der Waals surface area contributed by atoms with E-state index >= 15 is 0 Å². The molecule has 0 aromatic carbocycles. The number of carboxylic acids is 1. The third kappa shape index (κ3) is 5.16. The molecule has 2 unspecified atom stereocenters. The Morgan fingerprint density at radius 2 is 1.83 bits per heavy atom. The molecule has 0 saturated heterocycles. The summed E-state index contributed by atoms with van der Waals surface area (Å²) in [4.78, 5) is 14.6. The van der Waals surface area contributed by atoms with Crippen molar-refractivity contribution in [3.05, 3.63) is 60.2 Å². The molecule has 0 N–H and O–H groups in total. The van der Waals surface area contributed by atoms with Crippen molar-refractivity contribution >= 4 is 5.97 Å². The first kappa shape index (κ1) is 17.1. The molecule has 0 aliphatic heterocycles. The Hall–Kier alpha value is -2.23. The molecule has 0 aliphatic rings. The number of nitrogens with zero attached hydrogens (tertiary/aromatic N) is 2. The van der Waals surface area contributed by atoms with Crippen LogP contribution in [0.1, 0.15) is 56.1 Å². The van der Waals surface area contributed by atoms with Gasteiger partial charge in [0.2, 0.25) is 0 Å². The Morgan fingerprint density at radius 3 is 2.39 bits per heavy atom. The van der Waals surface area contributed by atoms with Crippen LogP contribution in [0.15, 0.2) is 49.1 Å². The van der Waals surface area contributed by atoms with Crippen molar-refractivity contribution in [1.29, 1.82) is 0 Å². The van der Waals surface area contributed by atoms with Crippen LogP contribution in [-0.4, -0.2) is 11.0 Å². The molecule has 4 heteroatoms. The summed E-state index contributed by atoms with van der Waals surface area (Å²) in [6.07, 6.45) is 9.83. The van der Waals surface area contributed by atoms with Gasteiger partial charge in [-0.3, -0.25) is 4.98 Å². The second-order valence-corrected chi connectivity index (χ2v) is 6.01. The average molecular weight is 312 g/mol. The highest BCUT2D eigenvalue weighted by Crippen LogP contribution is 2.31. The first-order valence-corrected chi connectivity index (χ1v) is 8.19. The molecule has 2 aromatic heterocycles. The predicted molar refractivity (Wildman–Crippen MR) is 86.6 cm³/mol. The predicted octanol–water partition coefficient (Wildman–Crippen LogP) is 2.20. The Kier molecular flexibility index (Phi) is 6.27. The molecule has 0 bridgehead atoms. The van der Waals surface area contributed by atoms with Crippen molar-refractivity contribution in [2.24, 2.45) is 0 Å². The van der Waals surface area contributed by atoms with E-state index in [4.69, 9.17) is 0 Å². The fraction of sp³-hybridized carbons (Fsp3) is 0.421. The summed E-state index contributed by atoms with van der Waals surface area (Å²) < 4.78 is 1.88. The molecule has 122 valence electrons. The van der Waals surface area contributed by atoms with E-state index in [1.165, 1.54) is 11.1 Å². The monoisotopic (exact) mass is 312 g/mol. The van der Waals surface area contributed by atoms with Crippen LogP contribution in [0.5, 0.6) is 0 Å². The van der Waals surface area contributed by atoms with Crippen LogP contribution in [0.3, 0.4) is 0 Å². The van der Waals surface area contributed by atoms with E-state index in [1.807, 2.05) is 29.4 Å². The van der Waals surface area contributed by atoms with Crippen molar-refractivity contribution in [3.63, 3.8) is 0 Å². The van der Waals surface area contributed by atoms with E-state index in [0.717, 1.165) is 12.8 Å². The van der Waals surface area contributed by atoms with Gasteiger partial charge >= 0.3 is 0 Å². The van der Waals surface area contributed by atoms with E-state index in [-0.39, 0.29) is 6.42 Å². The Morgan fingerprint density at radius 1 is 1.17 bits per heavy atom. The lowest BCUT2D eigenvalue weighted by molar-refractivity contribution is -0.696. The maximum atomic E-state index is 10.5. The van der Waals surface area contributed by atoms with E-state index in [2.05, 4.69) is 43.1 Å². The molecule has 0 fully saturated rings. The van der Waals surface area contributed by atoms with Crippen molar-refractivity contribution in [3.8, 4) is 0 Å². The average Bonchev–Trinajstić information content (AvgIpc) is 2.58. The second-order valence-electron chi connectivity index (χ2n) is 6.01. The molecule has 0 saturated carbocycles. The highest BCUT2D eigenvalue weighted by atomic mass is 16.4. The minimum Gasteiger partial charge on any atom is -0.550 e. The largest absolute Gasteiger partial charge is 0.550 e. The van der Waals surface area contributed by atoms with Gasteiger partial charge in [-0.05, 0) is 47.9 Å². The maximum absolute atomic E-state index is 10.5. The van der Waals surface area contributed by atoms with Gasteiger partial charge in [0.25, 0.3) is 0 Å². The van der Waals surface area contributed by atoms with Gasteiger partial charge in [0.15, 0.2) is 18.9 Å². The normalized spacial score (nSPS) is 13.5. The van der Waals surface area contributed by atoms with E-state index in [1.54, 1.807) is 0 Å². The first-order valence-electron chi connectivity index (χ1n) is 8.19. The number of rotatable bonds is 8. The zero-order chi connectivity index (χ0) is 16.7. The van der Waals surface area contributed by atoms with Crippen molar-refractivity contribution < 1.29 is 14.5 Å². The van der Waals surface area contributed by atoms with Crippen LogP contribution in [0, 0.1) is 0 Å². The quantitative estimate of drug-likeness (QED) is 0.702. The zero-order valence-electron chi connectivity index (χ0n) is 13.8. The molecule has 0 spiro atoms. The molecular weight excluding hydrogens is 288 g/mol. The molecule has 0 aliphatic carbocycles. The van der Waals surface area contributed by atoms with Gasteiger partial charge in [-0.2, -0.15) is 0 Å². The number of aryl methyl sites for hydroxylation is 1. The van der Waals surface area contributed by atoms with E-state index in [9.17, 15) is 9.90 Å². The Balaban J connectivity index is 1.99. The number of pyridine rings is 2. The van der Waals surface area contributed by atoms with Crippen molar-refractivity contribution in [2.75, 3.05) is 0 Å². The van der Waals surface area contributed by atoms with E-state index in [0.29, 0.717) is 18.4 Å². The number of carbonyl (C=O) groups excluding carboxylic acids is 1. The molecule has 4 nitrogen and oxygen atoms in total. The van der Waals surface area contributed by atoms with Gasteiger partial charge in [0.1, 0.15) is 0 Å². The summed E-state index contributed by atoms with van der Waals surface area (Å²) in [6, 6.07) is 8.36. The van der Waals surface area contributed by atoms with Crippen LogP contribution < -0.4 is 9.67 Å². The number of aliphatic carboxylic acids is 1. The lowest BCUT2D eigenvalue weighted by atomic mass is 9.85. The summed E-state index contributed by atoms with van der Waals surface area (Å²) in [7, 11) is 0. The molecule has 23 heavy (non-hydrogen) atoms. The number of carboxylic acid groups (broad SMARTS) is 1. The van der Waals surface area contributed by atoms with Crippen LogP contribution in [0.2, 0.25) is 0 Å². The summed E-state index contributed by atoms with van der Waals surface area (Å²) in [5.74, 6) is -0.0413. The van der Waals surface area contributed by atoms with Crippen molar-refractivity contribution in [2.45, 2.75) is 51.5 Å². The number of carbonyl (C=O) groups is 1. The zero-order valence-corrected chi connectivity index (χ0v) is 13.8. The molecule has 0 radical (unpaired) electrons. The van der Waals surface area contributed by atoms with Gasteiger partial charge in [-0.15, -0.1) is 0 Å². The highest BCUT2D eigenvalue weighted by Gasteiger charge is 2.16. The summed E-state index contributed by atoms with van der Waals surface area (Å²) >= 11 is 0. The molecule has 2 atom stereocenters. The SMILES string of the molecule is CCC(CC(C)c1cc[n+](CCC(=O)[O-])cc1)c1ccncc1. The minimum atomic E-state index is -1.02. The van der Waals surface area contributed by atoms with Gasteiger partial charge in [-0.1, -0.05) is 13.8 Å². The van der Waals surface area contributed by atoms with Crippen LogP contribution in [0.4, 0.5) is 0 Å². The van der Waals surface area contributed by atoms with Crippen LogP contribution in [-0.2, 0) is 11.3 Å². The Labute approximate surface area is 137 Å². The lowest BCUT2D eigenvalue weighted by Gasteiger charge is -2.20. The molecule has 2 rings (SSSR count). The number of hydrogen-bond acceptors (Lipinski definition) is 3. The summed E-state index contributed by atoms with van der Waals surface area (Å²) in [5, 5.41) is 10.5. The van der Waals surface area contributed by atoms with Gasteiger partial charge in [-0.25, -0.2) is 4.57 Å². The third-order valence-electron chi connectivity index (χ3n) is 4.37. The molecule has 2 heterocycles. The van der Waals surface area contributed by atoms with E-state index < -0.39 is 5.97 Å². The van der Waals surface area contributed by atoms with Crippen LogP contribution >= 0.6 is 0 Å². The topological polar surface area (TPSA) is 56.9 Å². The smallest absolute Gasteiger partial charge is 0.169 e. The molecule has 2 aromatic rings. The maximum Gasteiger partial charge on any atom is 0.169 e. The molecule has 0 amide bonds. The lowest BCUT2D eigenvalue weighted by Crippen LogP contribution is -2.36. The number of aromatic nitrogens is 2. The summed E-state index contributed by atoms with van der Waals surface area (Å²) in [6.45, 7) is 4.91. The third-order valence-corrected chi connectivity index (χ3v) is 4.37. The number of hydrogen-bond donors (Lipinski definition) is 0. The fourth-order valence-corrected chi connectivity index (χ4v) is 2.90. The second kappa shape index (κ2) is 8.42. The summed E-state index contributed by atoms with van der Waals surface area (Å²) in [5.41, 5.74) is 2.62. The Bertz CT molecular complexity index is 611. The van der Waals surface area contributed by atoms with Crippen LogP contribution in [0.25, 0.3) is 0 Å². The highest BCUT2D eigenvalue weighted by molar-refractivity contribution is 5.63. The van der Waals surface area contributed by atoms with Gasteiger partial charge in [0, 0.05) is 36.9 Å². The standard InChI is InChI=1S/C19H24N2O2/c1-3-16(18-4-9-20-10-5-18)14-15(2)17-6-11-21(12-7-17)13-8-19(22)23/h4-7,9-12,15-16H,3,8,13-14H2,1-2H3. The van der Waals surface area contributed by atoms with Crippen molar-refractivity contribution in [1.82, 2.24) is 4.98 Å². The molecular formula is C19H24N2O2. The minimum absolute atomic E-state index is 0.0412. The van der Waals surface area contributed by atoms with Gasteiger partial charge in [0.05, 0.1) is 0 Å². The first-order chi connectivity index (χ1) is 11.1. The van der Waals surface area contributed by atoms with Gasteiger partial charge < -0.3 is 9.90 Å². The fourth-order valence-electron chi connectivity index (χ4n) is 2.90.